The Labute approximate surface area is 110 Å². The van der Waals surface area contributed by atoms with E-state index in [-0.39, 0.29) is 6.54 Å². The summed E-state index contributed by atoms with van der Waals surface area (Å²) in [6, 6.07) is 0. The van der Waals surface area contributed by atoms with Crippen molar-refractivity contribution in [3.63, 3.8) is 0 Å². The molecular weight excluding hydrogens is 263 g/mol. The Balaban J connectivity index is 2.86. The summed E-state index contributed by atoms with van der Waals surface area (Å²) in [7, 11) is 0. The van der Waals surface area contributed by atoms with Gasteiger partial charge in [0.2, 0.25) is 0 Å². The number of halogens is 3. The molecule has 19 heavy (non-hydrogen) atoms. The Kier molecular flexibility index (Phi) is 4.10. The lowest BCUT2D eigenvalue weighted by atomic mass is 9.80. The van der Waals surface area contributed by atoms with Gasteiger partial charge in [0.25, 0.3) is 0 Å². The minimum absolute atomic E-state index is 0.151. The average molecular weight is 283 g/mol. The molecule has 1 rings (SSSR count). The summed E-state index contributed by atoms with van der Waals surface area (Å²) >= 11 is 0. The zero-order chi connectivity index (χ0) is 15.1. The lowest BCUT2D eigenvalue weighted by Crippen LogP contribution is -2.44. The molecule has 0 spiro atoms. The monoisotopic (exact) mass is 283 g/mol. The smallest absolute Gasteiger partial charge is 0.410 e. The maximum absolute atomic E-state index is 13.1. The van der Waals surface area contributed by atoms with Gasteiger partial charge in [-0.25, -0.2) is 4.79 Å². The number of hydrogen-bond donors (Lipinski definition) is 1. The molecular formula is C12H20F3NO3. The molecule has 112 valence electrons. The minimum Gasteiger partial charge on any atom is -0.444 e. The van der Waals surface area contributed by atoms with Crippen LogP contribution >= 0.6 is 0 Å². The fraction of sp³-hybridized carbons (Fsp3) is 0.917. The summed E-state index contributed by atoms with van der Waals surface area (Å²) in [5.41, 5.74) is -2.86. The predicted octanol–water partition coefficient (Wildman–Crippen LogP) is 2.41. The van der Waals surface area contributed by atoms with Crippen LogP contribution in [0.3, 0.4) is 0 Å². The molecule has 0 bridgehead atoms. The van der Waals surface area contributed by atoms with Crippen molar-refractivity contribution in [3.05, 3.63) is 0 Å². The predicted molar refractivity (Wildman–Crippen MR) is 62.5 cm³/mol. The van der Waals surface area contributed by atoms with Crippen LogP contribution in [0.25, 0.3) is 0 Å². The van der Waals surface area contributed by atoms with Crippen LogP contribution in [0.5, 0.6) is 0 Å². The number of aliphatic hydroxyl groups excluding tert-OH is 1. The molecule has 0 saturated carbocycles. The van der Waals surface area contributed by atoms with E-state index in [1.807, 2.05) is 0 Å². The van der Waals surface area contributed by atoms with E-state index in [0.29, 0.717) is 0 Å². The number of aliphatic hydroxyl groups is 1. The second-order valence-corrected chi connectivity index (χ2v) is 6.16. The Bertz CT molecular complexity index is 351. The maximum atomic E-state index is 13.1. The van der Waals surface area contributed by atoms with Crippen molar-refractivity contribution in [2.45, 2.75) is 39.5 Å². The minimum atomic E-state index is -4.48. The molecule has 0 radical (unpaired) electrons. The Hall–Kier alpha value is -0.980. The van der Waals surface area contributed by atoms with E-state index in [9.17, 15) is 18.0 Å². The van der Waals surface area contributed by atoms with Gasteiger partial charge in [-0.1, -0.05) is 0 Å². The van der Waals surface area contributed by atoms with Crippen molar-refractivity contribution in [3.8, 4) is 0 Å². The molecule has 1 fully saturated rings. The van der Waals surface area contributed by atoms with Gasteiger partial charge in [-0.3, -0.25) is 0 Å². The largest absolute Gasteiger partial charge is 0.444 e. The third kappa shape index (κ3) is 3.32. The normalized spacial score (nSPS) is 28.6. The van der Waals surface area contributed by atoms with E-state index < -0.39 is 42.4 Å². The zero-order valence-corrected chi connectivity index (χ0v) is 11.5. The number of alkyl halides is 3. The number of likely N-dealkylation sites (tertiary alicyclic amines) is 1. The summed E-state index contributed by atoms with van der Waals surface area (Å²) in [6.07, 6.45) is -5.25. The molecule has 1 aliphatic heterocycles. The van der Waals surface area contributed by atoms with Gasteiger partial charge in [0.05, 0.1) is 5.41 Å². The van der Waals surface area contributed by atoms with Crippen LogP contribution in [0.15, 0.2) is 0 Å². The molecule has 2 unspecified atom stereocenters. The van der Waals surface area contributed by atoms with Gasteiger partial charge in [0.15, 0.2) is 0 Å². The topological polar surface area (TPSA) is 49.8 Å². The first-order chi connectivity index (χ1) is 8.40. The molecule has 4 nitrogen and oxygen atoms in total. The molecule has 0 aromatic heterocycles. The quantitative estimate of drug-likeness (QED) is 0.804. The van der Waals surface area contributed by atoms with Crippen molar-refractivity contribution >= 4 is 6.09 Å². The van der Waals surface area contributed by atoms with Crippen molar-refractivity contribution in [2.75, 3.05) is 19.7 Å². The molecule has 1 N–H and O–H groups in total. The summed E-state index contributed by atoms with van der Waals surface area (Å²) < 4.78 is 44.3. The number of carbonyl (C=O) groups excluding carboxylic acids is 1. The van der Waals surface area contributed by atoms with Crippen molar-refractivity contribution < 1.29 is 27.8 Å². The zero-order valence-electron chi connectivity index (χ0n) is 11.5. The molecule has 1 amide bonds. The van der Waals surface area contributed by atoms with Crippen LogP contribution in [0.1, 0.15) is 27.7 Å². The highest BCUT2D eigenvalue weighted by molar-refractivity contribution is 5.68. The first kappa shape index (κ1) is 16.1. The number of ether oxygens (including phenoxy) is 1. The summed E-state index contributed by atoms with van der Waals surface area (Å²) in [5, 5.41) is 9.12. The first-order valence-corrected chi connectivity index (χ1v) is 6.06. The van der Waals surface area contributed by atoms with Crippen LogP contribution < -0.4 is 0 Å². The number of rotatable bonds is 1. The number of carbonyl (C=O) groups is 1. The molecule has 1 aliphatic rings. The van der Waals surface area contributed by atoms with Gasteiger partial charge in [0, 0.05) is 25.6 Å². The summed E-state index contributed by atoms with van der Waals surface area (Å²) in [4.78, 5) is 12.8. The lowest BCUT2D eigenvalue weighted by Gasteiger charge is -2.31. The van der Waals surface area contributed by atoms with Gasteiger partial charge >= 0.3 is 12.3 Å². The number of amides is 1. The highest BCUT2D eigenvalue weighted by Crippen LogP contribution is 2.48. The highest BCUT2D eigenvalue weighted by Gasteiger charge is 2.60. The van der Waals surface area contributed by atoms with Gasteiger partial charge in [-0.05, 0) is 27.7 Å². The number of nitrogens with zero attached hydrogens (tertiary/aromatic N) is 1. The van der Waals surface area contributed by atoms with Crippen LogP contribution in [-0.4, -0.2) is 47.6 Å². The molecule has 0 aromatic rings. The first-order valence-electron chi connectivity index (χ1n) is 6.06. The van der Waals surface area contributed by atoms with Crippen molar-refractivity contribution in [1.29, 1.82) is 0 Å². The molecule has 1 saturated heterocycles. The molecule has 0 aliphatic carbocycles. The lowest BCUT2D eigenvalue weighted by molar-refractivity contribution is -0.228. The SMILES string of the molecule is CC(C)(C)OC(=O)N1CC(CO)C(C)(C(F)(F)F)C1. The average Bonchev–Trinajstić information content (AvgIpc) is 2.53. The second-order valence-electron chi connectivity index (χ2n) is 6.16. The third-order valence-corrected chi connectivity index (χ3v) is 3.38. The van der Waals surface area contributed by atoms with Crippen LogP contribution in [0.2, 0.25) is 0 Å². The fourth-order valence-electron chi connectivity index (χ4n) is 2.10. The second kappa shape index (κ2) is 4.85. The van der Waals surface area contributed by atoms with Gasteiger partial charge in [-0.15, -0.1) is 0 Å². The van der Waals surface area contributed by atoms with Gasteiger partial charge in [0.1, 0.15) is 5.60 Å². The third-order valence-electron chi connectivity index (χ3n) is 3.38. The standard InChI is InChI=1S/C12H20F3NO3/c1-10(2,3)19-9(18)16-5-8(6-17)11(4,7-16)12(13,14)15/h8,17H,5-7H2,1-4H3. The Morgan fingerprint density at radius 1 is 1.42 bits per heavy atom. The van der Waals surface area contributed by atoms with E-state index in [2.05, 4.69) is 0 Å². The molecule has 1 heterocycles. The van der Waals surface area contributed by atoms with Crippen LogP contribution in [0.4, 0.5) is 18.0 Å². The Morgan fingerprint density at radius 3 is 2.26 bits per heavy atom. The van der Waals surface area contributed by atoms with E-state index in [1.54, 1.807) is 20.8 Å². The van der Waals surface area contributed by atoms with Crippen molar-refractivity contribution in [2.24, 2.45) is 11.3 Å². The number of hydrogen-bond acceptors (Lipinski definition) is 3. The van der Waals surface area contributed by atoms with E-state index in [1.165, 1.54) is 0 Å². The van der Waals surface area contributed by atoms with Crippen LogP contribution in [-0.2, 0) is 4.74 Å². The van der Waals surface area contributed by atoms with E-state index in [0.717, 1.165) is 11.8 Å². The fourth-order valence-corrected chi connectivity index (χ4v) is 2.10. The van der Waals surface area contributed by atoms with Crippen molar-refractivity contribution in [1.82, 2.24) is 4.90 Å². The van der Waals surface area contributed by atoms with Gasteiger partial charge in [-0.2, -0.15) is 13.2 Å². The van der Waals surface area contributed by atoms with Gasteiger partial charge < -0.3 is 14.7 Å². The van der Waals surface area contributed by atoms with E-state index in [4.69, 9.17) is 9.84 Å². The molecule has 0 aromatic carbocycles. The summed E-state index contributed by atoms with van der Waals surface area (Å²) in [6.45, 7) is 4.71. The maximum Gasteiger partial charge on any atom is 0.410 e. The summed E-state index contributed by atoms with van der Waals surface area (Å²) in [5.74, 6) is -1.03. The highest BCUT2D eigenvalue weighted by atomic mass is 19.4. The van der Waals surface area contributed by atoms with Crippen LogP contribution in [0, 0.1) is 11.3 Å². The molecule has 7 heteroatoms. The molecule has 2 atom stereocenters. The Morgan fingerprint density at radius 2 is 1.95 bits per heavy atom. The van der Waals surface area contributed by atoms with E-state index >= 15 is 0 Å².